The van der Waals surface area contributed by atoms with Crippen molar-refractivity contribution in [2.45, 2.75) is 30.8 Å². The second kappa shape index (κ2) is 5.89. The third-order valence-corrected chi connectivity index (χ3v) is 4.77. The van der Waals surface area contributed by atoms with E-state index in [2.05, 4.69) is 31.2 Å². The summed E-state index contributed by atoms with van der Waals surface area (Å²) >= 11 is 1.86. The predicted octanol–water partition coefficient (Wildman–Crippen LogP) is 2.96. The third kappa shape index (κ3) is 3.03. The molecule has 1 aliphatic heterocycles. The fourth-order valence-electron chi connectivity index (χ4n) is 2.32. The summed E-state index contributed by atoms with van der Waals surface area (Å²) < 4.78 is 5.59. The van der Waals surface area contributed by atoms with Crippen molar-refractivity contribution >= 4 is 11.8 Å². The molecule has 0 bridgehead atoms. The highest BCUT2D eigenvalue weighted by Gasteiger charge is 2.40. The fraction of sp³-hybridized carbons (Fsp3) is 0.571. The maximum Gasteiger partial charge on any atom is 0.0626 e. The van der Waals surface area contributed by atoms with Gasteiger partial charge in [0.1, 0.15) is 0 Å². The predicted molar refractivity (Wildman–Crippen MR) is 71.3 cm³/mol. The van der Waals surface area contributed by atoms with E-state index in [1.165, 1.54) is 4.90 Å². The summed E-state index contributed by atoms with van der Waals surface area (Å²) in [5.74, 6) is 1.04. The number of hydrogen-bond acceptors (Lipinski definition) is 3. The zero-order chi connectivity index (χ0) is 12.1. The van der Waals surface area contributed by atoms with Gasteiger partial charge in [0.25, 0.3) is 0 Å². The van der Waals surface area contributed by atoms with E-state index < -0.39 is 0 Å². The average molecular weight is 252 g/mol. The van der Waals surface area contributed by atoms with Gasteiger partial charge in [0.05, 0.1) is 12.7 Å². The van der Waals surface area contributed by atoms with E-state index in [0.717, 1.165) is 25.2 Å². The van der Waals surface area contributed by atoms with Gasteiger partial charge in [-0.15, -0.1) is 11.8 Å². The van der Waals surface area contributed by atoms with Gasteiger partial charge in [-0.1, -0.05) is 18.2 Å². The van der Waals surface area contributed by atoms with E-state index in [9.17, 15) is 5.11 Å². The normalized spacial score (nSPS) is 28.5. The molecule has 2 nitrogen and oxygen atoms in total. The zero-order valence-corrected chi connectivity index (χ0v) is 11.1. The number of aliphatic hydroxyl groups excluding tert-OH is 1. The van der Waals surface area contributed by atoms with E-state index >= 15 is 0 Å². The zero-order valence-electron chi connectivity index (χ0n) is 10.3. The van der Waals surface area contributed by atoms with Crippen molar-refractivity contribution in [3.63, 3.8) is 0 Å². The first-order valence-electron chi connectivity index (χ1n) is 6.17. The lowest BCUT2D eigenvalue weighted by atomic mass is 9.80. The standard InChI is InChI=1S/C14H20O2S/c1-12-14(11-15,7-9-16-12)8-10-17-13-5-3-2-4-6-13/h2-6,12,15H,7-11H2,1H3. The van der Waals surface area contributed by atoms with Gasteiger partial charge in [-0.2, -0.15) is 0 Å². The van der Waals surface area contributed by atoms with Crippen molar-refractivity contribution in [1.82, 2.24) is 0 Å². The minimum atomic E-state index is -0.0121. The van der Waals surface area contributed by atoms with Crippen LogP contribution in [0.4, 0.5) is 0 Å². The quantitative estimate of drug-likeness (QED) is 0.817. The van der Waals surface area contributed by atoms with Crippen molar-refractivity contribution in [2.24, 2.45) is 5.41 Å². The van der Waals surface area contributed by atoms with Gasteiger partial charge in [-0.3, -0.25) is 0 Å². The van der Waals surface area contributed by atoms with E-state index in [1.807, 2.05) is 17.8 Å². The molecule has 0 aromatic heterocycles. The minimum absolute atomic E-state index is 0.0121. The summed E-state index contributed by atoms with van der Waals surface area (Å²) in [7, 11) is 0. The van der Waals surface area contributed by atoms with Crippen molar-refractivity contribution in [1.29, 1.82) is 0 Å². The van der Waals surface area contributed by atoms with Crippen LogP contribution in [0.1, 0.15) is 19.8 Å². The van der Waals surface area contributed by atoms with Gasteiger partial charge in [0.15, 0.2) is 0 Å². The third-order valence-electron chi connectivity index (χ3n) is 3.76. The molecule has 1 aromatic rings. The molecule has 1 fully saturated rings. The van der Waals surface area contributed by atoms with Crippen molar-refractivity contribution < 1.29 is 9.84 Å². The number of aliphatic hydroxyl groups is 1. The largest absolute Gasteiger partial charge is 0.396 e. The van der Waals surface area contributed by atoms with Crippen LogP contribution >= 0.6 is 11.8 Å². The topological polar surface area (TPSA) is 29.5 Å². The van der Waals surface area contributed by atoms with E-state index in [1.54, 1.807) is 0 Å². The van der Waals surface area contributed by atoms with Crippen LogP contribution in [0.3, 0.4) is 0 Å². The van der Waals surface area contributed by atoms with Crippen LogP contribution in [-0.4, -0.2) is 30.2 Å². The van der Waals surface area contributed by atoms with Crippen molar-refractivity contribution in [3.8, 4) is 0 Å². The Hall–Kier alpha value is -0.510. The minimum Gasteiger partial charge on any atom is -0.396 e. The lowest BCUT2D eigenvalue weighted by Crippen LogP contribution is -2.33. The molecule has 2 atom stereocenters. The highest BCUT2D eigenvalue weighted by Crippen LogP contribution is 2.39. The summed E-state index contributed by atoms with van der Waals surface area (Å²) in [5.41, 5.74) is -0.0121. The van der Waals surface area contributed by atoms with Crippen molar-refractivity contribution in [3.05, 3.63) is 30.3 Å². The van der Waals surface area contributed by atoms with Crippen LogP contribution in [0.5, 0.6) is 0 Å². The van der Waals surface area contributed by atoms with Gasteiger partial charge >= 0.3 is 0 Å². The first-order chi connectivity index (χ1) is 8.27. The van der Waals surface area contributed by atoms with Gasteiger partial charge in [0, 0.05) is 16.9 Å². The number of ether oxygens (including phenoxy) is 1. The molecule has 1 aliphatic rings. The number of thioether (sulfide) groups is 1. The van der Waals surface area contributed by atoms with Gasteiger partial charge in [0.2, 0.25) is 0 Å². The second-order valence-corrected chi connectivity index (χ2v) is 5.86. The summed E-state index contributed by atoms with van der Waals surface area (Å²) in [6.45, 7) is 3.11. The number of rotatable bonds is 5. The molecule has 0 aliphatic carbocycles. The molecule has 0 saturated carbocycles. The van der Waals surface area contributed by atoms with Gasteiger partial charge in [-0.05, 0) is 37.7 Å². The Morgan fingerprint density at radius 1 is 1.41 bits per heavy atom. The molecular weight excluding hydrogens is 232 g/mol. The van der Waals surface area contributed by atoms with E-state index in [4.69, 9.17) is 4.74 Å². The van der Waals surface area contributed by atoms with Crippen LogP contribution in [0.15, 0.2) is 35.2 Å². The Labute approximate surface area is 107 Å². The Morgan fingerprint density at radius 2 is 2.18 bits per heavy atom. The Kier molecular flexibility index (Phi) is 4.48. The van der Waals surface area contributed by atoms with Gasteiger partial charge in [-0.25, -0.2) is 0 Å². The summed E-state index contributed by atoms with van der Waals surface area (Å²) in [5, 5.41) is 9.59. The molecule has 0 spiro atoms. The first-order valence-corrected chi connectivity index (χ1v) is 7.16. The molecule has 1 N–H and O–H groups in total. The molecular formula is C14H20O2S. The Morgan fingerprint density at radius 3 is 2.76 bits per heavy atom. The van der Waals surface area contributed by atoms with Gasteiger partial charge < -0.3 is 9.84 Å². The average Bonchev–Trinajstić information content (AvgIpc) is 2.73. The SMILES string of the molecule is CC1OCCC1(CO)CCSc1ccccc1. The lowest BCUT2D eigenvalue weighted by molar-refractivity contribution is 0.0255. The highest BCUT2D eigenvalue weighted by atomic mass is 32.2. The van der Waals surface area contributed by atoms with Crippen LogP contribution in [0.25, 0.3) is 0 Å². The van der Waals surface area contributed by atoms with Crippen LogP contribution < -0.4 is 0 Å². The molecule has 2 unspecified atom stereocenters. The van der Waals surface area contributed by atoms with Crippen LogP contribution in [0, 0.1) is 5.41 Å². The summed E-state index contributed by atoms with van der Waals surface area (Å²) in [6, 6.07) is 10.4. The number of hydrogen-bond donors (Lipinski definition) is 1. The smallest absolute Gasteiger partial charge is 0.0626 e. The molecule has 17 heavy (non-hydrogen) atoms. The molecule has 2 rings (SSSR count). The molecule has 3 heteroatoms. The molecule has 0 radical (unpaired) electrons. The lowest BCUT2D eigenvalue weighted by Gasteiger charge is -2.29. The summed E-state index contributed by atoms with van der Waals surface area (Å²) in [4.78, 5) is 1.30. The van der Waals surface area contributed by atoms with E-state index in [-0.39, 0.29) is 18.1 Å². The summed E-state index contributed by atoms with van der Waals surface area (Å²) in [6.07, 6.45) is 2.19. The molecule has 0 amide bonds. The number of benzene rings is 1. The molecule has 1 heterocycles. The molecule has 1 saturated heterocycles. The monoisotopic (exact) mass is 252 g/mol. The van der Waals surface area contributed by atoms with Crippen LogP contribution in [0.2, 0.25) is 0 Å². The maximum absolute atomic E-state index is 9.59. The highest BCUT2D eigenvalue weighted by molar-refractivity contribution is 7.99. The fourth-order valence-corrected chi connectivity index (χ4v) is 3.42. The maximum atomic E-state index is 9.59. The first kappa shape index (κ1) is 12.9. The molecule has 1 aromatic carbocycles. The second-order valence-electron chi connectivity index (χ2n) is 4.70. The van der Waals surface area contributed by atoms with Crippen LogP contribution in [-0.2, 0) is 4.74 Å². The molecule has 94 valence electrons. The Balaban J connectivity index is 1.85. The van der Waals surface area contributed by atoms with Crippen molar-refractivity contribution in [2.75, 3.05) is 19.0 Å². The van der Waals surface area contributed by atoms with E-state index in [0.29, 0.717) is 0 Å². The Bertz CT molecular complexity index is 341.